The molecule has 120 valence electrons. The van der Waals surface area contributed by atoms with Crippen LogP contribution in [-0.2, 0) is 9.59 Å². The first-order valence-corrected chi connectivity index (χ1v) is 8.15. The molecule has 0 spiro atoms. The second-order valence-electron chi connectivity index (χ2n) is 5.17. The second kappa shape index (κ2) is 7.62. The number of anilines is 2. The maximum absolute atomic E-state index is 12.0. The van der Waals surface area contributed by atoms with Gasteiger partial charge >= 0.3 is 0 Å². The van der Waals surface area contributed by atoms with Gasteiger partial charge in [0.15, 0.2) is 0 Å². The smallest absolute Gasteiger partial charge is 0.233 e. The first kappa shape index (κ1) is 17.5. The molecule has 2 amide bonds. The van der Waals surface area contributed by atoms with Gasteiger partial charge in [-0.1, -0.05) is 23.7 Å². The second-order valence-corrected chi connectivity index (χ2v) is 6.43. The van der Waals surface area contributed by atoms with E-state index in [1.807, 2.05) is 19.1 Å². The van der Waals surface area contributed by atoms with Crippen molar-refractivity contribution in [1.82, 2.24) is 0 Å². The average molecular weight is 396 g/mol. The van der Waals surface area contributed by atoms with Gasteiger partial charge in [0.25, 0.3) is 0 Å². The molecule has 0 heterocycles. The van der Waals surface area contributed by atoms with Crippen LogP contribution in [0.15, 0.2) is 40.9 Å². The molecule has 4 nitrogen and oxygen atoms in total. The van der Waals surface area contributed by atoms with Crippen LogP contribution < -0.4 is 10.6 Å². The fraction of sp³-hybridized carbons (Fsp3) is 0.176. The normalized spacial score (nSPS) is 10.3. The summed E-state index contributed by atoms with van der Waals surface area (Å²) in [6, 6.07) is 10.8. The molecule has 0 aromatic heterocycles. The van der Waals surface area contributed by atoms with E-state index in [1.54, 1.807) is 31.2 Å². The van der Waals surface area contributed by atoms with E-state index in [0.29, 0.717) is 16.4 Å². The summed E-state index contributed by atoms with van der Waals surface area (Å²) in [6.07, 6.45) is -0.272. The highest BCUT2D eigenvalue weighted by Crippen LogP contribution is 2.24. The molecule has 23 heavy (non-hydrogen) atoms. The lowest BCUT2D eigenvalue weighted by atomic mass is 10.2. The summed E-state index contributed by atoms with van der Waals surface area (Å²) >= 11 is 9.39. The van der Waals surface area contributed by atoms with Crippen LogP contribution in [0, 0.1) is 13.8 Å². The van der Waals surface area contributed by atoms with E-state index in [-0.39, 0.29) is 12.3 Å². The molecule has 0 atom stereocenters. The lowest BCUT2D eigenvalue weighted by molar-refractivity contribution is -0.123. The summed E-state index contributed by atoms with van der Waals surface area (Å²) in [4.78, 5) is 24.0. The quantitative estimate of drug-likeness (QED) is 0.738. The van der Waals surface area contributed by atoms with Crippen molar-refractivity contribution in [2.45, 2.75) is 20.3 Å². The highest BCUT2D eigenvalue weighted by Gasteiger charge is 2.13. The number of hydrogen-bond acceptors (Lipinski definition) is 2. The molecule has 0 radical (unpaired) electrons. The minimum atomic E-state index is -0.392. The number of rotatable bonds is 4. The number of carbonyl (C=O) groups is 2. The van der Waals surface area contributed by atoms with E-state index >= 15 is 0 Å². The third-order valence-corrected chi connectivity index (χ3v) is 4.33. The summed E-state index contributed by atoms with van der Waals surface area (Å²) < 4.78 is 0.775. The molecule has 2 aromatic rings. The molecule has 2 aromatic carbocycles. The zero-order valence-electron chi connectivity index (χ0n) is 12.7. The largest absolute Gasteiger partial charge is 0.325 e. The highest BCUT2D eigenvalue weighted by atomic mass is 79.9. The van der Waals surface area contributed by atoms with Gasteiger partial charge in [0.05, 0.1) is 5.69 Å². The molecule has 0 fully saturated rings. The van der Waals surface area contributed by atoms with Gasteiger partial charge in [-0.05, 0) is 65.2 Å². The minimum absolute atomic E-state index is 0.272. The molecule has 0 bridgehead atoms. The van der Waals surface area contributed by atoms with E-state index in [4.69, 9.17) is 11.6 Å². The molecule has 6 heteroatoms. The van der Waals surface area contributed by atoms with Crippen LogP contribution in [0.2, 0.25) is 5.02 Å². The Morgan fingerprint density at radius 2 is 1.70 bits per heavy atom. The molecule has 0 saturated heterocycles. The number of nitrogens with one attached hydrogen (secondary N) is 2. The van der Waals surface area contributed by atoms with Gasteiger partial charge in [-0.15, -0.1) is 0 Å². The fourth-order valence-electron chi connectivity index (χ4n) is 2.00. The number of aryl methyl sites for hydroxylation is 1. The number of benzene rings is 2. The van der Waals surface area contributed by atoms with E-state index in [9.17, 15) is 9.59 Å². The van der Waals surface area contributed by atoms with Crippen molar-refractivity contribution < 1.29 is 9.59 Å². The Morgan fingerprint density at radius 1 is 1.04 bits per heavy atom. The lowest BCUT2D eigenvalue weighted by Gasteiger charge is -2.10. The van der Waals surface area contributed by atoms with Crippen molar-refractivity contribution in [3.63, 3.8) is 0 Å². The molecule has 2 N–H and O–H groups in total. The number of hydrogen-bond donors (Lipinski definition) is 2. The van der Waals surface area contributed by atoms with Crippen LogP contribution in [0.4, 0.5) is 11.4 Å². The standard InChI is InChI=1S/C17H16BrClN2O2/c1-10-6-7-15(12(18)8-10)21-17(23)9-16(22)20-14-5-3-4-13(19)11(14)2/h3-8H,9H2,1-2H3,(H,20,22)(H,21,23). The fourth-order valence-corrected chi connectivity index (χ4v) is 2.77. The number of halogens is 2. The molecule has 0 aliphatic carbocycles. The van der Waals surface area contributed by atoms with Gasteiger partial charge in [-0.25, -0.2) is 0 Å². The van der Waals surface area contributed by atoms with Gasteiger partial charge in [-0.3, -0.25) is 9.59 Å². The van der Waals surface area contributed by atoms with Crippen molar-refractivity contribution in [2.75, 3.05) is 10.6 Å². The van der Waals surface area contributed by atoms with Gasteiger partial charge in [-0.2, -0.15) is 0 Å². The lowest BCUT2D eigenvalue weighted by Crippen LogP contribution is -2.22. The number of carbonyl (C=O) groups excluding carboxylic acids is 2. The molecule has 0 unspecified atom stereocenters. The predicted octanol–water partition coefficient (Wildman–Crippen LogP) is 4.69. The van der Waals surface area contributed by atoms with Gasteiger partial charge < -0.3 is 10.6 Å². The Balaban J connectivity index is 1.97. The van der Waals surface area contributed by atoms with Crippen LogP contribution in [-0.4, -0.2) is 11.8 Å². The van der Waals surface area contributed by atoms with Crippen molar-refractivity contribution in [3.05, 3.63) is 57.0 Å². The first-order valence-electron chi connectivity index (χ1n) is 6.98. The van der Waals surface area contributed by atoms with E-state index in [2.05, 4.69) is 26.6 Å². The Morgan fingerprint density at radius 3 is 2.35 bits per heavy atom. The Kier molecular flexibility index (Phi) is 5.80. The SMILES string of the molecule is Cc1ccc(NC(=O)CC(=O)Nc2cccc(Cl)c2C)c(Br)c1. The molecular formula is C17H16BrClN2O2. The van der Waals surface area contributed by atoms with Gasteiger partial charge in [0, 0.05) is 15.2 Å². The maximum Gasteiger partial charge on any atom is 0.233 e. The predicted molar refractivity (Wildman–Crippen MR) is 96.9 cm³/mol. The van der Waals surface area contributed by atoms with Crippen LogP contribution in [0.3, 0.4) is 0 Å². The summed E-state index contributed by atoms with van der Waals surface area (Å²) in [5, 5.41) is 5.97. The average Bonchev–Trinajstić information content (AvgIpc) is 2.47. The van der Waals surface area contributed by atoms with E-state index in [0.717, 1.165) is 15.6 Å². The summed E-state index contributed by atoms with van der Waals surface area (Å²) in [7, 11) is 0. The van der Waals surface area contributed by atoms with Gasteiger partial charge in [0.2, 0.25) is 11.8 Å². The zero-order valence-corrected chi connectivity index (χ0v) is 15.1. The monoisotopic (exact) mass is 394 g/mol. The van der Waals surface area contributed by atoms with E-state index < -0.39 is 5.91 Å². The summed E-state index contributed by atoms with van der Waals surface area (Å²) in [5.41, 5.74) is 3.08. The summed E-state index contributed by atoms with van der Waals surface area (Å²) in [6.45, 7) is 3.76. The van der Waals surface area contributed by atoms with Crippen molar-refractivity contribution in [3.8, 4) is 0 Å². The molecule has 0 aliphatic rings. The molecule has 0 aliphatic heterocycles. The third-order valence-electron chi connectivity index (χ3n) is 3.26. The topological polar surface area (TPSA) is 58.2 Å². The Bertz CT molecular complexity index is 762. The number of amides is 2. The molecular weight excluding hydrogens is 380 g/mol. The first-order chi connectivity index (χ1) is 10.9. The van der Waals surface area contributed by atoms with Crippen molar-refractivity contribution in [1.29, 1.82) is 0 Å². The van der Waals surface area contributed by atoms with Crippen molar-refractivity contribution in [2.24, 2.45) is 0 Å². The van der Waals surface area contributed by atoms with Crippen molar-refractivity contribution >= 4 is 50.7 Å². The van der Waals surface area contributed by atoms with Crippen LogP contribution in [0.5, 0.6) is 0 Å². The van der Waals surface area contributed by atoms with Crippen LogP contribution in [0.25, 0.3) is 0 Å². The zero-order chi connectivity index (χ0) is 17.0. The third kappa shape index (κ3) is 4.81. The minimum Gasteiger partial charge on any atom is -0.325 e. The van der Waals surface area contributed by atoms with Gasteiger partial charge in [0.1, 0.15) is 6.42 Å². The summed E-state index contributed by atoms with van der Waals surface area (Å²) in [5.74, 6) is -0.775. The Hall–Kier alpha value is -1.85. The van der Waals surface area contributed by atoms with Crippen LogP contribution in [0.1, 0.15) is 17.5 Å². The Labute approximate surface area is 148 Å². The highest BCUT2D eigenvalue weighted by molar-refractivity contribution is 9.10. The maximum atomic E-state index is 12.0. The van der Waals surface area contributed by atoms with Crippen LogP contribution >= 0.6 is 27.5 Å². The molecule has 0 saturated carbocycles. The van der Waals surface area contributed by atoms with E-state index in [1.165, 1.54) is 0 Å². The molecule has 2 rings (SSSR count).